The number of rotatable bonds is 1. The fraction of sp³-hybridized carbons (Fsp3) is 0.364. The lowest BCUT2D eigenvalue weighted by atomic mass is 10.2. The van der Waals surface area contributed by atoms with Crippen LogP contribution in [0.3, 0.4) is 0 Å². The van der Waals surface area contributed by atoms with E-state index in [0.717, 1.165) is 30.9 Å². The third-order valence-electron chi connectivity index (χ3n) is 2.27. The molecule has 98 valence electrons. The van der Waals surface area contributed by atoms with Crippen LogP contribution in [0.5, 0.6) is 0 Å². The molecule has 7 heteroatoms. The summed E-state index contributed by atoms with van der Waals surface area (Å²) in [6.45, 7) is 0.718. The first kappa shape index (κ1) is 13.7. The van der Waals surface area contributed by atoms with Crippen LogP contribution in [0.25, 0.3) is 0 Å². The Morgan fingerprint density at radius 1 is 1.28 bits per heavy atom. The summed E-state index contributed by atoms with van der Waals surface area (Å²) < 4.78 is 38.3. The van der Waals surface area contributed by atoms with Gasteiger partial charge in [-0.15, -0.1) is 0 Å². The van der Waals surface area contributed by atoms with Crippen LogP contribution in [0.4, 0.5) is 18.9 Å². The Bertz CT molecular complexity index is 474. The molecule has 1 N–H and O–H groups in total. The number of anilines is 1. The highest BCUT2D eigenvalue weighted by Crippen LogP contribution is 2.33. The number of nitrogens with zero attached hydrogens (tertiary/aromatic N) is 1. The Morgan fingerprint density at radius 3 is 2.67 bits per heavy atom. The third-order valence-corrected chi connectivity index (χ3v) is 3.73. The zero-order valence-electron chi connectivity index (χ0n) is 9.22. The van der Waals surface area contributed by atoms with Gasteiger partial charge in [-0.25, -0.2) is 0 Å². The summed E-state index contributed by atoms with van der Waals surface area (Å²) in [5.74, 6) is 0.936. The van der Waals surface area contributed by atoms with E-state index in [-0.39, 0.29) is 0 Å². The van der Waals surface area contributed by atoms with Crippen LogP contribution >= 0.6 is 27.7 Å². The van der Waals surface area contributed by atoms with Gasteiger partial charge in [0.1, 0.15) is 0 Å². The molecular weight excluding hydrogens is 329 g/mol. The molecule has 0 saturated heterocycles. The Hall–Kier alpha value is -0.690. The molecule has 1 aliphatic rings. The van der Waals surface area contributed by atoms with E-state index in [4.69, 9.17) is 0 Å². The molecule has 0 aliphatic carbocycles. The van der Waals surface area contributed by atoms with Gasteiger partial charge in [-0.05, 0) is 24.6 Å². The zero-order chi connectivity index (χ0) is 13.2. The number of benzene rings is 1. The molecule has 0 spiro atoms. The zero-order valence-corrected chi connectivity index (χ0v) is 11.6. The standard InChI is InChI=1S/C11H10BrF3N2S/c12-8-4-7(11(13,14)15)5-9(6-8)17-10-16-2-1-3-18-10/h4-6H,1-3H2,(H,16,17). The first-order chi connectivity index (χ1) is 8.45. The summed E-state index contributed by atoms with van der Waals surface area (Å²) in [5.41, 5.74) is -0.286. The molecule has 0 amide bonds. The number of hydrogen-bond donors (Lipinski definition) is 1. The van der Waals surface area contributed by atoms with E-state index in [0.29, 0.717) is 15.3 Å². The molecular formula is C11H10BrF3N2S. The van der Waals surface area contributed by atoms with Gasteiger partial charge in [0.2, 0.25) is 0 Å². The van der Waals surface area contributed by atoms with Crippen LogP contribution in [-0.2, 0) is 6.18 Å². The van der Waals surface area contributed by atoms with E-state index < -0.39 is 11.7 Å². The van der Waals surface area contributed by atoms with Crippen LogP contribution in [0.2, 0.25) is 0 Å². The van der Waals surface area contributed by atoms with Crippen LogP contribution in [-0.4, -0.2) is 17.5 Å². The van der Waals surface area contributed by atoms with Gasteiger partial charge in [0.05, 0.1) is 5.56 Å². The topological polar surface area (TPSA) is 24.4 Å². The third kappa shape index (κ3) is 3.65. The van der Waals surface area contributed by atoms with E-state index in [9.17, 15) is 13.2 Å². The van der Waals surface area contributed by atoms with Crippen molar-refractivity contribution in [3.8, 4) is 0 Å². The largest absolute Gasteiger partial charge is 0.416 e. The number of aliphatic imine (C=N–C) groups is 1. The smallest absolute Gasteiger partial charge is 0.335 e. The van der Waals surface area contributed by atoms with Crippen LogP contribution in [0.15, 0.2) is 27.7 Å². The monoisotopic (exact) mass is 338 g/mol. The van der Waals surface area contributed by atoms with Crippen LogP contribution in [0, 0.1) is 0 Å². The van der Waals surface area contributed by atoms with E-state index >= 15 is 0 Å². The lowest BCUT2D eigenvalue weighted by molar-refractivity contribution is -0.137. The summed E-state index contributed by atoms with van der Waals surface area (Å²) in [4.78, 5) is 4.22. The van der Waals surface area contributed by atoms with Crippen molar-refractivity contribution in [2.75, 3.05) is 17.6 Å². The molecule has 0 saturated carbocycles. The maximum Gasteiger partial charge on any atom is 0.416 e. The van der Waals surface area contributed by atoms with Gasteiger partial charge >= 0.3 is 6.18 Å². The van der Waals surface area contributed by atoms with E-state index in [1.54, 1.807) is 6.07 Å². The van der Waals surface area contributed by atoms with Gasteiger partial charge in [-0.3, -0.25) is 4.99 Å². The number of alkyl halides is 3. The van der Waals surface area contributed by atoms with Crippen molar-refractivity contribution >= 4 is 38.5 Å². The molecule has 0 atom stereocenters. The Morgan fingerprint density at radius 2 is 2.06 bits per heavy atom. The van der Waals surface area contributed by atoms with Gasteiger partial charge in [-0.2, -0.15) is 13.2 Å². The number of amidine groups is 1. The predicted molar refractivity (Wildman–Crippen MR) is 72.1 cm³/mol. The molecule has 18 heavy (non-hydrogen) atoms. The quantitative estimate of drug-likeness (QED) is 0.822. The molecule has 0 aromatic heterocycles. The van der Waals surface area contributed by atoms with Gasteiger partial charge < -0.3 is 5.32 Å². The van der Waals surface area contributed by atoms with E-state index in [2.05, 4.69) is 26.2 Å². The minimum atomic E-state index is -4.35. The number of hydrogen-bond acceptors (Lipinski definition) is 3. The average Bonchev–Trinajstić information content (AvgIpc) is 2.28. The summed E-state index contributed by atoms with van der Waals surface area (Å²) >= 11 is 4.60. The van der Waals surface area contributed by atoms with Gasteiger partial charge in [0.25, 0.3) is 0 Å². The molecule has 1 aromatic carbocycles. The maximum absolute atomic E-state index is 12.6. The van der Waals surface area contributed by atoms with E-state index in [1.807, 2.05) is 0 Å². The van der Waals surface area contributed by atoms with Crippen molar-refractivity contribution in [3.63, 3.8) is 0 Å². The van der Waals surface area contributed by atoms with Crippen molar-refractivity contribution < 1.29 is 13.2 Å². The van der Waals surface area contributed by atoms with Gasteiger partial charge in [0.15, 0.2) is 5.17 Å². The van der Waals surface area contributed by atoms with Crippen molar-refractivity contribution in [1.29, 1.82) is 0 Å². The van der Waals surface area contributed by atoms with Crippen molar-refractivity contribution in [2.45, 2.75) is 12.6 Å². The lowest BCUT2D eigenvalue weighted by Crippen LogP contribution is -2.14. The molecule has 0 fully saturated rings. The van der Waals surface area contributed by atoms with Crippen LogP contribution < -0.4 is 5.32 Å². The first-order valence-electron chi connectivity index (χ1n) is 5.27. The summed E-state index contributed by atoms with van der Waals surface area (Å²) in [6, 6.07) is 3.75. The second kappa shape index (κ2) is 5.52. The molecule has 1 aliphatic heterocycles. The number of halogens is 4. The Labute approximate surface area is 115 Å². The minimum Gasteiger partial charge on any atom is -0.335 e. The Kier molecular flexibility index (Phi) is 4.21. The number of nitrogens with one attached hydrogen (secondary N) is 1. The molecule has 1 aromatic rings. The molecule has 0 unspecified atom stereocenters. The summed E-state index contributed by atoms with van der Waals surface area (Å²) in [7, 11) is 0. The highest BCUT2D eigenvalue weighted by Gasteiger charge is 2.31. The van der Waals surface area contributed by atoms with Crippen molar-refractivity contribution in [3.05, 3.63) is 28.2 Å². The average molecular weight is 339 g/mol. The highest BCUT2D eigenvalue weighted by molar-refractivity contribution is 9.10. The molecule has 0 radical (unpaired) electrons. The molecule has 0 bridgehead atoms. The van der Waals surface area contributed by atoms with Gasteiger partial charge in [-0.1, -0.05) is 27.7 Å². The predicted octanol–water partition coefficient (Wildman–Crippen LogP) is 4.37. The van der Waals surface area contributed by atoms with Gasteiger partial charge in [0, 0.05) is 22.5 Å². The Balaban J connectivity index is 2.22. The highest BCUT2D eigenvalue weighted by atomic mass is 79.9. The first-order valence-corrected chi connectivity index (χ1v) is 7.05. The molecule has 1 heterocycles. The molecule has 2 rings (SSSR count). The number of thioether (sulfide) groups is 1. The maximum atomic E-state index is 12.6. The second-order valence-electron chi connectivity index (χ2n) is 3.74. The van der Waals surface area contributed by atoms with E-state index in [1.165, 1.54) is 11.8 Å². The lowest BCUT2D eigenvalue weighted by Gasteiger charge is -2.15. The van der Waals surface area contributed by atoms with Crippen molar-refractivity contribution in [2.24, 2.45) is 4.99 Å². The normalized spacial score (nSPS) is 16.3. The fourth-order valence-corrected chi connectivity index (χ4v) is 2.82. The van der Waals surface area contributed by atoms with Crippen LogP contribution in [0.1, 0.15) is 12.0 Å². The molecule has 2 nitrogen and oxygen atoms in total. The summed E-state index contributed by atoms with van der Waals surface area (Å²) in [6.07, 6.45) is -3.34. The summed E-state index contributed by atoms with van der Waals surface area (Å²) in [5, 5.41) is 3.59. The minimum absolute atomic E-state index is 0.390. The second-order valence-corrected chi connectivity index (χ2v) is 5.74. The SMILES string of the molecule is FC(F)(F)c1cc(Br)cc(NC2=NCCCS2)c1. The fourth-order valence-electron chi connectivity index (χ4n) is 1.48. The van der Waals surface area contributed by atoms with Crippen molar-refractivity contribution in [1.82, 2.24) is 0 Å².